The summed E-state index contributed by atoms with van der Waals surface area (Å²) in [7, 11) is 2.02. The van der Waals surface area contributed by atoms with Gasteiger partial charge in [-0.05, 0) is 40.8 Å². The number of rotatable bonds is 6. The highest BCUT2D eigenvalue weighted by molar-refractivity contribution is 6.19. The summed E-state index contributed by atoms with van der Waals surface area (Å²) in [5, 5.41) is 2.23. The second-order valence-corrected chi connectivity index (χ2v) is 8.39. The van der Waals surface area contributed by atoms with Gasteiger partial charge in [0.25, 0.3) is 0 Å². The van der Waals surface area contributed by atoms with Crippen molar-refractivity contribution in [3.8, 4) is 22.3 Å². The minimum absolute atomic E-state index is 0.259. The highest BCUT2D eigenvalue weighted by atomic mass is 16.5. The molecule has 5 aromatic rings. The molecule has 1 heterocycles. The summed E-state index contributed by atoms with van der Waals surface area (Å²) in [6.45, 7) is 2.54. The molecule has 0 atom stereocenters. The molecule has 0 aliphatic carbocycles. The Hall–Kier alpha value is -3.85. The second kappa shape index (κ2) is 8.95. The van der Waals surface area contributed by atoms with Crippen LogP contribution in [0.1, 0.15) is 30.1 Å². The van der Waals surface area contributed by atoms with Crippen molar-refractivity contribution in [3.63, 3.8) is 0 Å². The third-order valence-corrected chi connectivity index (χ3v) is 6.30. The second-order valence-electron chi connectivity index (χ2n) is 8.39. The van der Waals surface area contributed by atoms with Gasteiger partial charge in [-0.2, -0.15) is 0 Å². The maximum atomic E-state index is 13.0. The zero-order valence-electron chi connectivity index (χ0n) is 19.0. The lowest BCUT2D eigenvalue weighted by molar-refractivity contribution is 0.0501. The van der Waals surface area contributed by atoms with E-state index < -0.39 is 0 Å². The van der Waals surface area contributed by atoms with Gasteiger partial charge in [-0.3, -0.25) is 0 Å². The third-order valence-electron chi connectivity index (χ3n) is 6.30. The lowest BCUT2D eigenvalue weighted by atomic mass is 9.95. The summed E-state index contributed by atoms with van der Waals surface area (Å²) in [5.41, 5.74) is 7.26. The van der Waals surface area contributed by atoms with Gasteiger partial charge in [-0.25, -0.2) is 4.79 Å². The van der Waals surface area contributed by atoms with Crippen LogP contribution in [0.5, 0.6) is 0 Å². The zero-order valence-corrected chi connectivity index (χ0v) is 19.0. The molecule has 0 unspecified atom stereocenters. The molecule has 0 fully saturated rings. The van der Waals surface area contributed by atoms with E-state index in [0.717, 1.165) is 45.8 Å². The minimum Gasteiger partial charge on any atom is -0.462 e. The maximum Gasteiger partial charge on any atom is 0.340 e. The molecule has 4 aromatic carbocycles. The number of unbranched alkanes of at least 4 members (excludes halogenated alkanes) is 1. The molecule has 0 spiro atoms. The molecular weight excluding hydrogens is 406 g/mol. The topological polar surface area (TPSA) is 31.2 Å². The summed E-state index contributed by atoms with van der Waals surface area (Å²) in [6, 6.07) is 31.3. The number of carbonyl (C=O) groups excluding carboxylic acids is 1. The quantitative estimate of drug-likeness (QED) is 0.204. The molecule has 0 aliphatic heterocycles. The maximum absolute atomic E-state index is 13.0. The Morgan fingerprint density at radius 3 is 2.21 bits per heavy atom. The lowest BCUT2D eigenvalue weighted by Crippen LogP contribution is -2.08. The number of aromatic nitrogens is 1. The number of benzene rings is 4. The van der Waals surface area contributed by atoms with Crippen molar-refractivity contribution in [2.75, 3.05) is 6.61 Å². The number of fused-ring (bicyclic) bond motifs is 3. The Labute approximate surface area is 194 Å². The van der Waals surface area contributed by atoms with Crippen LogP contribution in [0, 0.1) is 0 Å². The monoisotopic (exact) mass is 433 g/mol. The molecule has 0 radical (unpaired) electrons. The zero-order chi connectivity index (χ0) is 22.8. The Kier molecular flexibility index (Phi) is 5.70. The first-order valence-electron chi connectivity index (χ1n) is 11.5. The average molecular weight is 434 g/mol. The van der Waals surface area contributed by atoms with Crippen molar-refractivity contribution in [1.82, 2.24) is 4.57 Å². The summed E-state index contributed by atoms with van der Waals surface area (Å²) in [4.78, 5) is 13.0. The fraction of sp³-hybridized carbons (Fsp3) is 0.167. The molecule has 0 saturated carbocycles. The number of hydrogen-bond acceptors (Lipinski definition) is 2. The normalized spacial score (nSPS) is 11.2. The third kappa shape index (κ3) is 3.80. The molecule has 3 nitrogen and oxygen atoms in total. The molecule has 164 valence electrons. The van der Waals surface area contributed by atoms with E-state index in [2.05, 4.69) is 84.3 Å². The van der Waals surface area contributed by atoms with Gasteiger partial charge in [0.2, 0.25) is 0 Å². The van der Waals surface area contributed by atoms with E-state index in [1.165, 1.54) is 11.1 Å². The molecule has 1 aromatic heterocycles. The van der Waals surface area contributed by atoms with Crippen LogP contribution in [-0.2, 0) is 11.8 Å². The Balaban J connectivity index is 1.67. The van der Waals surface area contributed by atoms with E-state index in [-0.39, 0.29) is 5.97 Å². The smallest absolute Gasteiger partial charge is 0.340 e. The predicted octanol–water partition coefficient (Wildman–Crippen LogP) is 7.62. The van der Waals surface area contributed by atoms with Gasteiger partial charge in [-0.15, -0.1) is 0 Å². The van der Waals surface area contributed by atoms with Crippen LogP contribution in [0.2, 0.25) is 0 Å². The Bertz CT molecular complexity index is 1430. The number of carbonyl (C=O) groups is 1. The van der Waals surface area contributed by atoms with Crippen LogP contribution in [0.3, 0.4) is 0 Å². The summed E-state index contributed by atoms with van der Waals surface area (Å²) in [5.74, 6) is -0.259. The number of para-hydroxylation sites is 1. The van der Waals surface area contributed by atoms with Crippen LogP contribution in [0.4, 0.5) is 0 Å². The molecule has 0 amide bonds. The van der Waals surface area contributed by atoms with Crippen molar-refractivity contribution >= 4 is 27.8 Å². The first-order valence-corrected chi connectivity index (χ1v) is 11.5. The number of ether oxygens (including phenoxy) is 1. The number of nitrogens with zero attached hydrogens (tertiary/aromatic N) is 1. The van der Waals surface area contributed by atoms with Gasteiger partial charge < -0.3 is 9.30 Å². The first kappa shape index (κ1) is 21.0. The van der Waals surface area contributed by atoms with Gasteiger partial charge in [0.05, 0.1) is 17.7 Å². The Morgan fingerprint density at radius 1 is 0.788 bits per heavy atom. The minimum atomic E-state index is -0.259. The van der Waals surface area contributed by atoms with Crippen molar-refractivity contribution < 1.29 is 9.53 Å². The Morgan fingerprint density at radius 2 is 1.45 bits per heavy atom. The van der Waals surface area contributed by atoms with Gasteiger partial charge >= 0.3 is 5.97 Å². The van der Waals surface area contributed by atoms with Crippen LogP contribution >= 0.6 is 0 Å². The van der Waals surface area contributed by atoms with Crippen LogP contribution in [0.25, 0.3) is 44.1 Å². The number of esters is 1. The fourth-order valence-electron chi connectivity index (χ4n) is 4.58. The van der Waals surface area contributed by atoms with Crippen molar-refractivity contribution in [2.24, 2.45) is 7.05 Å². The summed E-state index contributed by atoms with van der Waals surface area (Å²) >= 11 is 0. The van der Waals surface area contributed by atoms with Crippen molar-refractivity contribution in [3.05, 3.63) is 96.6 Å². The molecule has 0 saturated heterocycles. The van der Waals surface area contributed by atoms with Crippen LogP contribution < -0.4 is 0 Å². The molecule has 0 bridgehead atoms. The number of aryl methyl sites for hydroxylation is 1. The van der Waals surface area contributed by atoms with Crippen molar-refractivity contribution in [2.45, 2.75) is 19.8 Å². The van der Waals surface area contributed by atoms with Crippen LogP contribution in [-0.4, -0.2) is 17.1 Å². The highest BCUT2D eigenvalue weighted by Gasteiger charge is 2.20. The van der Waals surface area contributed by atoms with Gasteiger partial charge in [0, 0.05) is 23.3 Å². The molecule has 0 N–H and O–H groups in total. The molecule has 0 aliphatic rings. The van der Waals surface area contributed by atoms with E-state index in [1.54, 1.807) is 0 Å². The molecule has 5 rings (SSSR count). The van der Waals surface area contributed by atoms with E-state index in [0.29, 0.717) is 12.2 Å². The van der Waals surface area contributed by atoms with E-state index in [1.807, 2.05) is 25.2 Å². The molecular formula is C30H27NO2. The fourth-order valence-corrected chi connectivity index (χ4v) is 4.58. The SMILES string of the molecule is CCCCOC(=O)c1ccc(-c2ccc(-c3ccccc3)cc2)c2c3ccccc3n(C)c12. The van der Waals surface area contributed by atoms with Gasteiger partial charge in [0.15, 0.2) is 0 Å². The number of hydrogen-bond donors (Lipinski definition) is 0. The van der Waals surface area contributed by atoms with Crippen molar-refractivity contribution in [1.29, 1.82) is 0 Å². The molecule has 33 heavy (non-hydrogen) atoms. The largest absolute Gasteiger partial charge is 0.462 e. The van der Waals surface area contributed by atoms with Gasteiger partial charge in [0.1, 0.15) is 0 Å². The van der Waals surface area contributed by atoms with E-state index in [4.69, 9.17) is 4.74 Å². The van der Waals surface area contributed by atoms with E-state index >= 15 is 0 Å². The predicted molar refractivity (Wildman–Crippen MR) is 136 cm³/mol. The van der Waals surface area contributed by atoms with E-state index in [9.17, 15) is 4.79 Å². The summed E-state index contributed by atoms with van der Waals surface area (Å²) < 4.78 is 7.70. The lowest BCUT2D eigenvalue weighted by Gasteiger charge is -2.11. The highest BCUT2D eigenvalue weighted by Crippen LogP contribution is 2.38. The van der Waals surface area contributed by atoms with Gasteiger partial charge in [-0.1, -0.05) is 92.2 Å². The van der Waals surface area contributed by atoms with Crippen LogP contribution in [0.15, 0.2) is 91.0 Å². The summed E-state index contributed by atoms with van der Waals surface area (Å²) in [6.07, 6.45) is 1.87. The average Bonchev–Trinajstić information content (AvgIpc) is 3.17. The first-order chi connectivity index (χ1) is 16.2. The standard InChI is InChI=1S/C30H27NO2/c1-3-4-20-33-30(32)26-19-18-24(28-25-12-8-9-13-27(25)31(2)29(26)28)23-16-14-22(15-17-23)21-10-6-5-7-11-21/h5-19H,3-4,20H2,1-2H3. The molecule has 3 heteroatoms.